The lowest BCUT2D eigenvalue weighted by atomic mass is 10.4. The molecule has 0 aliphatic carbocycles. The molecule has 0 bridgehead atoms. The average Bonchev–Trinajstić information content (AvgIpc) is 2.76. The normalized spacial score (nSPS) is 10.4. The van der Waals surface area contributed by atoms with Crippen LogP contribution in [0.15, 0.2) is 33.7 Å². The molecule has 0 radical (unpaired) electrons. The molecule has 0 spiro atoms. The highest BCUT2D eigenvalue weighted by molar-refractivity contribution is 7.98. The Hall–Kier alpha value is -1.20. The molecule has 1 aromatic carbocycles. The molecule has 0 aliphatic heterocycles. The molecular weight excluding hydrogens is 246 g/mol. The minimum atomic E-state index is 0.437. The van der Waals surface area contributed by atoms with Crippen LogP contribution in [0.5, 0.6) is 0 Å². The van der Waals surface area contributed by atoms with Crippen LogP contribution in [0, 0.1) is 0 Å². The summed E-state index contributed by atoms with van der Waals surface area (Å²) in [6.45, 7) is 0. The van der Waals surface area contributed by atoms with E-state index in [1.807, 2.05) is 24.3 Å². The molecule has 16 heavy (non-hydrogen) atoms. The van der Waals surface area contributed by atoms with Gasteiger partial charge in [0.2, 0.25) is 0 Å². The lowest BCUT2D eigenvalue weighted by molar-refractivity contribution is 0.427. The number of anilines is 1. The third-order valence-corrected chi connectivity index (χ3v) is 3.12. The van der Waals surface area contributed by atoms with Crippen LogP contribution in [0.25, 0.3) is 0 Å². The van der Waals surface area contributed by atoms with Crippen LogP contribution in [0.2, 0.25) is 5.02 Å². The van der Waals surface area contributed by atoms with Gasteiger partial charge in [0.15, 0.2) is 5.82 Å². The first kappa shape index (κ1) is 11.3. The highest BCUT2D eigenvalue weighted by Crippen LogP contribution is 2.23. The van der Waals surface area contributed by atoms with Crippen molar-refractivity contribution in [2.45, 2.75) is 10.6 Å². The van der Waals surface area contributed by atoms with E-state index in [9.17, 15) is 0 Å². The van der Waals surface area contributed by atoms with Gasteiger partial charge in [0, 0.05) is 17.0 Å². The minimum absolute atomic E-state index is 0.437. The summed E-state index contributed by atoms with van der Waals surface area (Å²) in [5.74, 6) is 1.34. The van der Waals surface area contributed by atoms with Crippen LogP contribution < -0.4 is 5.32 Å². The molecule has 4 nitrogen and oxygen atoms in total. The summed E-state index contributed by atoms with van der Waals surface area (Å²) < 4.78 is 4.91. The molecule has 6 heteroatoms. The van der Waals surface area contributed by atoms with E-state index in [0.717, 1.165) is 9.92 Å². The van der Waals surface area contributed by atoms with Crippen molar-refractivity contribution in [3.63, 3.8) is 0 Å². The van der Waals surface area contributed by atoms with E-state index < -0.39 is 0 Å². The third kappa shape index (κ3) is 2.90. The Labute approximate surface area is 102 Å². The Morgan fingerprint density at radius 3 is 2.75 bits per heavy atom. The van der Waals surface area contributed by atoms with Crippen molar-refractivity contribution >= 4 is 29.4 Å². The summed E-state index contributed by atoms with van der Waals surface area (Å²) in [5, 5.41) is 7.35. The highest BCUT2D eigenvalue weighted by atomic mass is 35.5. The number of aromatic nitrogens is 2. The second kappa shape index (κ2) is 5.23. The molecule has 0 fully saturated rings. The van der Waals surface area contributed by atoms with E-state index in [1.54, 1.807) is 18.8 Å². The van der Waals surface area contributed by atoms with Gasteiger partial charge in [-0.05, 0) is 24.3 Å². The maximum atomic E-state index is 5.79. The van der Waals surface area contributed by atoms with Crippen molar-refractivity contribution in [2.24, 2.45) is 0 Å². The van der Waals surface area contributed by atoms with E-state index in [0.29, 0.717) is 17.6 Å². The van der Waals surface area contributed by atoms with Gasteiger partial charge in [-0.1, -0.05) is 16.8 Å². The first-order valence-corrected chi connectivity index (χ1v) is 6.03. The molecule has 2 rings (SSSR count). The van der Waals surface area contributed by atoms with Crippen LogP contribution in [0.1, 0.15) is 5.82 Å². The number of rotatable bonds is 4. The van der Waals surface area contributed by atoms with Gasteiger partial charge in [-0.3, -0.25) is 0 Å². The molecule has 0 amide bonds. The van der Waals surface area contributed by atoms with Crippen molar-refractivity contribution in [3.8, 4) is 0 Å². The number of nitrogens with one attached hydrogen (secondary N) is 1. The molecule has 0 saturated heterocycles. The number of thioether (sulfide) groups is 1. The van der Waals surface area contributed by atoms with E-state index in [-0.39, 0.29) is 0 Å². The van der Waals surface area contributed by atoms with Crippen LogP contribution >= 0.6 is 23.4 Å². The van der Waals surface area contributed by atoms with Gasteiger partial charge in [0.25, 0.3) is 0 Å². The summed E-state index contributed by atoms with van der Waals surface area (Å²) >= 11 is 7.43. The zero-order chi connectivity index (χ0) is 11.4. The van der Waals surface area contributed by atoms with Crippen LogP contribution in [-0.2, 0) is 5.75 Å². The largest absolute Gasteiger partial charge is 0.341 e. The molecule has 2 aromatic rings. The van der Waals surface area contributed by atoms with Crippen molar-refractivity contribution < 1.29 is 4.52 Å². The molecular formula is C10H10ClN3OS. The molecule has 84 valence electrons. The van der Waals surface area contributed by atoms with Crippen molar-refractivity contribution in [3.05, 3.63) is 35.1 Å². The minimum Gasteiger partial charge on any atom is -0.341 e. The number of benzene rings is 1. The maximum Gasteiger partial charge on any atom is 0.321 e. The molecule has 0 unspecified atom stereocenters. The highest BCUT2D eigenvalue weighted by Gasteiger charge is 2.04. The Kier molecular flexibility index (Phi) is 3.69. The second-order valence-corrected chi connectivity index (χ2v) is 4.49. The summed E-state index contributed by atoms with van der Waals surface area (Å²) in [6.07, 6.45) is 0. The van der Waals surface area contributed by atoms with E-state index in [2.05, 4.69) is 15.5 Å². The van der Waals surface area contributed by atoms with Gasteiger partial charge in [-0.15, -0.1) is 11.8 Å². The van der Waals surface area contributed by atoms with E-state index >= 15 is 0 Å². The zero-order valence-corrected chi connectivity index (χ0v) is 10.2. The maximum absolute atomic E-state index is 5.79. The molecule has 1 heterocycles. The fourth-order valence-electron chi connectivity index (χ4n) is 1.09. The summed E-state index contributed by atoms with van der Waals surface area (Å²) in [4.78, 5) is 5.25. The molecule has 1 aromatic heterocycles. The first-order chi connectivity index (χ1) is 7.78. The van der Waals surface area contributed by atoms with Gasteiger partial charge in [0.1, 0.15) is 0 Å². The molecule has 0 atom stereocenters. The van der Waals surface area contributed by atoms with Gasteiger partial charge in [0.05, 0.1) is 5.75 Å². The predicted octanol–water partition coefficient (Wildman–Crippen LogP) is 3.06. The van der Waals surface area contributed by atoms with Crippen molar-refractivity contribution in [2.75, 3.05) is 12.4 Å². The SMILES string of the molecule is CNc1nc(CSc2ccc(Cl)cc2)no1. The standard InChI is InChI=1S/C10H10ClN3OS/c1-12-10-13-9(14-15-10)6-16-8-4-2-7(11)3-5-8/h2-5H,6H2,1H3,(H,12,13,14). The number of nitrogens with zero attached hydrogens (tertiary/aromatic N) is 2. The molecule has 0 aliphatic rings. The summed E-state index contributed by atoms with van der Waals surface area (Å²) in [5.41, 5.74) is 0. The molecule has 1 N–H and O–H groups in total. The van der Waals surface area contributed by atoms with Crippen LogP contribution in [0.3, 0.4) is 0 Å². The van der Waals surface area contributed by atoms with Crippen LogP contribution in [0.4, 0.5) is 6.01 Å². The Morgan fingerprint density at radius 2 is 2.12 bits per heavy atom. The molecule has 0 saturated carbocycles. The summed E-state index contributed by atoms with van der Waals surface area (Å²) in [7, 11) is 1.74. The van der Waals surface area contributed by atoms with Gasteiger partial charge in [-0.2, -0.15) is 4.98 Å². The fourth-order valence-corrected chi connectivity index (χ4v) is 1.96. The monoisotopic (exact) mass is 255 g/mol. The van der Waals surface area contributed by atoms with E-state index in [4.69, 9.17) is 16.1 Å². The van der Waals surface area contributed by atoms with Crippen LogP contribution in [-0.4, -0.2) is 17.2 Å². The summed E-state index contributed by atoms with van der Waals surface area (Å²) in [6, 6.07) is 8.09. The van der Waals surface area contributed by atoms with Crippen molar-refractivity contribution in [1.29, 1.82) is 0 Å². The Morgan fingerprint density at radius 1 is 1.38 bits per heavy atom. The number of halogens is 1. The number of hydrogen-bond acceptors (Lipinski definition) is 5. The van der Waals surface area contributed by atoms with Gasteiger partial charge < -0.3 is 9.84 Å². The smallest absolute Gasteiger partial charge is 0.321 e. The van der Waals surface area contributed by atoms with Crippen molar-refractivity contribution in [1.82, 2.24) is 10.1 Å². The third-order valence-electron chi connectivity index (χ3n) is 1.86. The lowest BCUT2D eigenvalue weighted by Crippen LogP contribution is -1.88. The first-order valence-electron chi connectivity index (χ1n) is 4.66. The quantitative estimate of drug-likeness (QED) is 0.851. The Balaban J connectivity index is 1.94. The zero-order valence-electron chi connectivity index (χ0n) is 8.61. The fraction of sp³-hybridized carbons (Fsp3) is 0.200. The van der Waals surface area contributed by atoms with Gasteiger partial charge >= 0.3 is 6.01 Å². The Bertz CT molecular complexity index is 457. The topological polar surface area (TPSA) is 51.0 Å². The van der Waals surface area contributed by atoms with Gasteiger partial charge in [-0.25, -0.2) is 0 Å². The average molecular weight is 256 g/mol. The second-order valence-electron chi connectivity index (χ2n) is 3.01. The van der Waals surface area contributed by atoms with E-state index in [1.165, 1.54) is 0 Å². The predicted molar refractivity (Wildman–Crippen MR) is 64.9 cm³/mol. The number of hydrogen-bond donors (Lipinski definition) is 1. The lowest BCUT2D eigenvalue weighted by Gasteiger charge is -1.97.